The second kappa shape index (κ2) is 13.7. The SMILES string of the molecule is c1ccc(-c2ccc3c(c2)C(c2ccccc2)(c2ccccc2)c2cc(-n4cc(-c5cccc6ccccc56)c5cc(-c6cccc7ccccc67)ccc54)ccc2-3)cc1. The third-order valence-electron chi connectivity index (χ3n) is 12.9. The molecule has 1 aromatic heterocycles. The molecule has 0 atom stereocenters. The molecular formula is C59H39N. The van der Waals surface area contributed by atoms with E-state index in [9.17, 15) is 0 Å². The minimum absolute atomic E-state index is 0.545. The van der Waals surface area contributed by atoms with E-state index in [0.717, 1.165) is 5.69 Å². The van der Waals surface area contributed by atoms with Crippen molar-refractivity contribution in [3.63, 3.8) is 0 Å². The number of hydrogen-bond acceptors (Lipinski definition) is 0. The number of nitrogens with zero attached hydrogens (tertiary/aromatic N) is 1. The van der Waals surface area contributed by atoms with Gasteiger partial charge in [-0.1, -0.05) is 200 Å². The quantitative estimate of drug-likeness (QED) is 0.159. The molecule has 0 fully saturated rings. The molecule has 1 heteroatoms. The van der Waals surface area contributed by atoms with Gasteiger partial charge in [-0.2, -0.15) is 0 Å². The van der Waals surface area contributed by atoms with Crippen molar-refractivity contribution in [3.8, 4) is 50.2 Å². The van der Waals surface area contributed by atoms with Crippen molar-refractivity contribution in [2.75, 3.05) is 0 Å². The maximum Gasteiger partial charge on any atom is 0.0714 e. The zero-order valence-electron chi connectivity index (χ0n) is 33.0. The molecule has 60 heavy (non-hydrogen) atoms. The highest BCUT2D eigenvalue weighted by molar-refractivity contribution is 6.08. The van der Waals surface area contributed by atoms with Crippen LogP contribution in [0.3, 0.4) is 0 Å². The molecule has 12 rings (SSSR count). The van der Waals surface area contributed by atoms with E-state index >= 15 is 0 Å². The van der Waals surface area contributed by atoms with Crippen molar-refractivity contribution in [3.05, 3.63) is 259 Å². The molecule has 0 amide bonds. The van der Waals surface area contributed by atoms with Crippen LogP contribution >= 0.6 is 0 Å². The molecule has 280 valence electrons. The Kier molecular flexibility index (Phi) is 7.83. The Morgan fingerprint density at radius 2 is 0.833 bits per heavy atom. The van der Waals surface area contributed by atoms with Crippen LogP contribution in [0.4, 0.5) is 0 Å². The predicted molar refractivity (Wildman–Crippen MR) is 252 cm³/mol. The first-order chi connectivity index (χ1) is 29.8. The summed E-state index contributed by atoms with van der Waals surface area (Å²) >= 11 is 0. The molecule has 0 radical (unpaired) electrons. The summed E-state index contributed by atoms with van der Waals surface area (Å²) in [6.07, 6.45) is 2.38. The summed E-state index contributed by atoms with van der Waals surface area (Å²) in [6, 6.07) is 85.1. The first-order valence-corrected chi connectivity index (χ1v) is 20.8. The summed E-state index contributed by atoms with van der Waals surface area (Å²) in [5.74, 6) is 0. The molecule has 0 spiro atoms. The molecule has 0 saturated carbocycles. The number of rotatable bonds is 6. The Labute approximate surface area is 350 Å². The van der Waals surface area contributed by atoms with Gasteiger partial charge >= 0.3 is 0 Å². The summed E-state index contributed by atoms with van der Waals surface area (Å²) in [6.45, 7) is 0. The summed E-state index contributed by atoms with van der Waals surface area (Å²) in [5, 5.41) is 6.22. The van der Waals surface area contributed by atoms with Gasteiger partial charge in [-0.25, -0.2) is 0 Å². The molecule has 0 N–H and O–H groups in total. The van der Waals surface area contributed by atoms with Gasteiger partial charge in [-0.3, -0.25) is 0 Å². The van der Waals surface area contributed by atoms with Gasteiger partial charge in [-0.05, 0) is 113 Å². The second-order valence-corrected chi connectivity index (χ2v) is 16.0. The maximum atomic E-state index is 2.47. The van der Waals surface area contributed by atoms with Crippen LogP contribution in [0.5, 0.6) is 0 Å². The van der Waals surface area contributed by atoms with Crippen molar-refractivity contribution in [1.29, 1.82) is 0 Å². The summed E-state index contributed by atoms with van der Waals surface area (Å²) < 4.78 is 2.43. The lowest BCUT2D eigenvalue weighted by molar-refractivity contribution is 0.767. The molecule has 1 nitrogen and oxygen atoms in total. The third-order valence-corrected chi connectivity index (χ3v) is 12.9. The Bertz CT molecular complexity index is 3360. The Balaban J connectivity index is 1.13. The van der Waals surface area contributed by atoms with E-state index in [1.165, 1.54) is 99.2 Å². The van der Waals surface area contributed by atoms with E-state index in [-0.39, 0.29) is 0 Å². The van der Waals surface area contributed by atoms with Crippen LogP contribution in [0.1, 0.15) is 22.3 Å². The summed E-state index contributed by atoms with van der Waals surface area (Å²) in [7, 11) is 0. The van der Waals surface area contributed by atoms with E-state index in [1.54, 1.807) is 0 Å². The molecule has 0 unspecified atom stereocenters. The third kappa shape index (κ3) is 5.19. The molecule has 0 aliphatic heterocycles. The minimum Gasteiger partial charge on any atom is -0.316 e. The number of aromatic nitrogens is 1. The lowest BCUT2D eigenvalue weighted by Gasteiger charge is -2.34. The highest BCUT2D eigenvalue weighted by Gasteiger charge is 2.46. The molecule has 1 aliphatic rings. The van der Waals surface area contributed by atoms with Crippen LogP contribution in [0, 0.1) is 0 Å². The topological polar surface area (TPSA) is 4.93 Å². The molecule has 1 aliphatic carbocycles. The normalized spacial score (nSPS) is 12.8. The van der Waals surface area contributed by atoms with Crippen LogP contribution in [0.25, 0.3) is 82.6 Å². The molecule has 1 heterocycles. The van der Waals surface area contributed by atoms with Crippen LogP contribution in [0.2, 0.25) is 0 Å². The van der Waals surface area contributed by atoms with E-state index in [4.69, 9.17) is 0 Å². The number of benzene rings is 10. The van der Waals surface area contributed by atoms with Crippen molar-refractivity contribution < 1.29 is 0 Å². The van der Waals surface area contributed by atoms with Crippen molar-refractivity contribution in [2.45, 2.75) is 5.41 Å². The number of hydrogen-bond donors (Lipinski definition) is 0. The van der Waals surface area contributed by atoms with Crippen molar-refractivity contribution >= 4 is 32.4 Å². The first kappa shape index (κ1) is 34.3. The average molecular weight is 762 g/mol. The fourth-order valence-electron chi connectivity index (χ4n) is 10.2. The largest absolute Gasteiger partial charge is 0.316 e. The molecule has 0 bridgehead atoms. The lowest BCUT2D eigenvalue weighted by Crippen LogP contribution is -2.28. The molecule has 0 saturated heterocycles. The molecular weight excluding hydrogens is 723 g/mol. The zero-order chi connectivity index (χ0) is 39.6. The van der Waals surface area contributed by atoms with Gasteiger partial charge in [0.05, 0.1) is 10.9 Å². The smallest absolute Gasteiger partial charge is 0.0714 e. The van der Waals surface area contributed by atoms with E-state index in [1.807, 2.05) is 0 Å². The standard InChI is InChI=1S/C59H39N/c1-4-16-40(17-5-1)43-30-33-52-53-34-32-47(38-57(53)59(56(52)37-43,45-22-6-2-7-23-45)46-24-8-3-9-25-46)60-39-55(51-29-15-21-42-19-11-13-27-49(42)51)54-36-44(31-35-58(54)60)50-28-14-20-41-18-10-12-26-48(41)50/h1-39H. The highest BCUT2D eigenvalue weighted by atomic mass is 15.0. The second-order valence-electron chi connectivity index (χ2n) is 16.0. The summed E-state index contributed by atoms with van der Waals surface area (Å²) in [5.41, 5.74) is 16.8. The van der Waals surface area contributed by atoms with Gasteiger partial charge in [0.25, 0.3) is 0 Å². The zero-order valence-corrected chi connectivity index (χ0v) is 33.0. The number of fused-ring (bicyclic) bond motifs is 6. The fourth-order valence-corrected chi connectivity index (χ4v) is 10.2. The maximum absolute atomic E-state index is 2.47. The molecule has 11 aromatic rings. The van der Waals surface area contributed by atoms with Crippen molar-refractivity contribution in [2.24, 2.45) is 0 Å². The first-order valence-electron chi connectivity index (χ1n) is 20.8. The van der Waals surface area contributed by atoms with Crippen LogP contribution < -0.4 is 0 Å². The Hall–Kier alpha value is -7.74. The molecule has 10 aromatic carbocycles. The average Bonchev–Trinajstić information content (AvgIpc) is 3.85. The van der Waals surface area contributed by atoms with Gasteiger partial charge in [0, 0.05) is 22.8 Å². The Morgan fingerprint density at radius 1 is 0.300 bits per heavy atom. The lowest BCUT2D eigenvalue weighted by atomic mass is 9.67. The van der Waals surface area contributed by atoms with E-state index in [2.05, 4.69) is 241 Å². The van der Waals surface area contributed by atoms with E-state index in [0.29, 0.717) is 0 Å². The van der Waals surface area contributed by atoms with Gasteiger partial charge in [-0.15, -0.1) is 0 Å². The van der Waals surface area contributed by atoms with Crippen molar-refractivity contribution in [1.82, 2.24) is 4.57 Å². The highest BCUT2D eigenvalue weighted by Crippen LogP contribution is 2.57. The van der Waals surface area contributed by atoms with Gasteiger partial charge in [0.2, 0.25) is 0 Å². The Morgan fingerprint density at radius 3 is 1.52 bits per heavy atom. The van der Waals surface area contributed by atoms with Gasteiger partial charge in [0.15, 0.2) is 0 Å². The summed E-state index contributed by atoms with van der Waals surface area (Å²) in [4.78, 5) is 0. The monoisotopic (exact) mass is 761 g/mol. The van der Waals surface area contributed by atoms with E-state index < -0.39 is 5.41 Å². The minimum atomic E-state index is -0.545. The van der Waals surface area contributed by atoms with Crippen LogP contribution in [-0.2, 0) is 5.41 Å². The van der Waals surface area contributed by atoms with Crippen LogP contribution in [0.15, 0.2) is 237 Å². The van der Waals surface area contributed by atoms with Crippen LogP contribution in [-0.4, -0.2) is 4.57 Å². The fraction of sp³-hybridized carbons (Fsp3) is 0.0169. The van der Waals surface area contributed by atoms with Gasteiger partial charge < -0.3 is 4.57 Å². The predicted octanol–water partition coefficient (Wildman–Crippen LogP) is 15.3. The van der Waals surface area contributed by atoms with Gasteiger partial charge in [0.1, 0.15) is 0 Å².